The number of aromatic nitrogens is 3. The van der Waals surface area contributed by atoms with Crippen LogP contribution < -0.4 is 5.32 Å². The molecule has 1 atom stereocenters. The lowest BCUT2D eigenvalue weighted by Gasteiger charge is -2.36. The van der Waals surface area contributed by atoms with Gasteiger partial charge in [0.1, 0.15) is 0 Å². The minimum atomic E-state index is 0.124. The van der Waals surface area contributed by atoms with Crippen molar-refractivity contribution in [1.29, 1.82) is 0 Å². The van der Waals surface area contributed by atoms with E-state index in [2.05, 4.69) is 41.2 Å². The molecule has 2 aromatic rings. The van der Waals surface area contributed by atoms with Crippen molar-refractivity contribution in [1.82, 2.24) is 20.4 Å². The van der Waals surface area contributed by atoms with Crippen molar-refractivity contribution in [2.24, 2.45) is 5.41 Å². The largest absolute Gasteiger partial charge is 0.337 e. The van der Waals surface area contributed by atoms with Crippen molar-refractivity contribution in [2.75, 3.05) is 6.54 Å². The second-order valence-electron chi connectivity index (χ2n) is 6.32. The summed E-state index contributed by atoms with van der Waals surface area (Å²) in [6.07, 6.45) is 6.90. The Morgan fingerprint density at radius 2 is 2.29 bits per heavy atom. The molecule has 5 nitrogen and oxygen atoms in total. The fourth-order valence-corrected chi connectivity index (χ4v) is 3.02. The van der Waals surface area contributed by atoms with E-state index in [-0.39, 0.29) is 11.5 Å². The molecular formula is C16H22N4O. The SMILES string of the molecule is CCc1cnccc1-c1noc(C2NCCCC2(C)C)n1. The Morgan fingerprint density at radius 1 is 1.43 bits per heavy atom. The Labute approximate surface area is 125 Å². The first-order valence-electron chi connectivity index (χ1n) is 7.62. The normalized spacial score (nSPS) is 21.4. The molecule has 1 aliphatic rings. The third-order valence-corrected chi connectivity index (χ3v) is 4.34. The van der Waals surface area contributed by atoms with Gasteiger partial charge in [-0.2, -0.15) is 4.98 Å². The summed E-state index contributed by atoms with van der Waals surface area (Å²) in [5.41, 5.74) is 2.28. The first-order chi connectivity index (χ1) is 10.1. The first kappa shape index (κ1) is 14.2. The van der Waals surface area contributed by atoms with Crippen LogP contribution in [0.25, 0.3) is 11.4 Å². The molecule has 112 valence electrons. The molecule has 0 aromatic carbocycles. The zero-order valence-electron chi connectivity index (χ0n) is 12.9. The maximum atomic E-state index is 5.55. The Morgan fingerprint density at radius 3 is 3.05 bits per heavy atom. The van der Waals surface area contributed by atoms with Crippen LogP contribution in [0.4, 0.5) is 0 Å². The summed E-state index contributed by atoms with van der Waals surface area (Å²) in [6.45, 7) is 7.60. The lowest BCUT2D eigenvalue weighted by Crippen LogP contribution is -2.39. The van der Waals surface area contributed by atoms with E-state index >= 15 is 0 Å². The minimum absolute atomic E-state index is 0.124. The van der Waals surface area contributed by atoms with E-state index in [0.717, 1.165) is 30.5 Å². The van der Waals surface area contributed by atoms with Gasteiger partial charge in [0.25, 0.3) is 0 Å². The molecule has 0 radical (unpaired) electrons. The van der Waals surface area contributed by atoms with E-state index in [0.29, 0.717) is 11.7 Å². The summed E-state index contributed by atoms with van der Waals surface area (Å²) in [4.78, 5) is 8.80. The monoisotopic (exact) mass is 286 g/mol. The quantitative estimate of drug-likeness (QED) is 0.939. The summed E-state index contributed by atoms with van der Waals surface area (Å²) < 4.78 is 5.55. The van der Waals surface area contributed by atoms with Gasteiger partial charge in [0, 0.05) is 18.0 Å². The highest BCUT2D eigenvalue weighted by Crippen LogP contribution is 2.39. The van der Waals surface area contributed by atoms with Crippen molar-refractivity contribution < 1.29 is 4.52 Å². The zero-order valence-corrected chi connectivity index (χ0v) is 12.9. The summed E-state index contributed by atoms with van der Waals surface area (Å²) in [5.74, 6) is 1.35. The van der Waals surface area contributed by atoms with E-state index < -0.39 is 0 Å². The molecule has 1 saturated heterocycles. The average Bonchev–Trinajstić information content (AvgIpc) is 2.96. The molecule has 1 unspecified atom stereocenters. The number of rotatable bonds is 3. The van der Waals surface area contributed by atoms with E-state index in [1.165, 1.54) is 6.42 Å². The second kappa shape index (κ2) is 5.56. The van der Waals surface area contributed by atoms with Gasteiger partial charge >= 0.3 is 0 Å². The van der Waals surface area contributed by atoms with Crippen LogP contribution in [0.1, 0.15) is 51.1 Å². The average molecular weight is 286 g/mol. The van der Waals surface area contributed by atoms with Gasteiger partial charge < -0.3 is 9.84 Å². The van der Waals surface area contributed by atoms with Crippen LogP contribution in [0.5, 0.6) is 0 Å². The maximum absolute atomic E-state index is 5.55. The van der Waals surface area contributed by atoms with Gasteiger partial charge in [-0.25, -0.2) is 0 Å². The van der Waals surface area contributed by atoms with E-state index in [1.807, 2.05) is 12.3 Å². The molecule has 5 heteroatoms. The fourth-order valence-electron chi connectivity index (χ4n) is 3.02. The third-order valence-electron chi connectivity index (χ3n) is 4.34. The Hall–Kier alpha value is -1.75. The van der Waals surface area contributed by atoms with Gasteiger partial charge in [-0.15, -0.1) is 0 Å². The van der Waals surface area contributed by atoms with Crippen molar-refractivity contribution in [3.05, 3.63) is 29.9 Å². The van der Waals surface area contributed by atoms with Gasteiger partial charge in [-0.05, 0) is 42.9 Å². The van der Waals surface area contributed by atoms with Gasteiger partial charge in [0.05, 0.1) is 6.04 Å². The molecule has 2 aromatic heterocycles. The van der Waals surface area contributed by atoms with Crippen LogP contribution in [-0.2, 0) is 6.42 Å². The van der Waals surface area contributed by atoms with Crippen LogP contribution >= 0.6 is 0 Å². The summed E-state index contributed by atoms with van der Waals surface area (Å²) in [6, 6.07) is 2.08. The highest BCUT2D eigenvalue weighted by Gasteiger charge is 2.37. The Bertz CT molecular complexity index is 620. The van der Waals surface area contributed by atoms with Gasteiger partial charge in [-0.3, -0.25) is 4.98 Å². The number of aryl methyl sites for hydroxylation is 1. The van der Waals surface area contributed by atoms with Crippen molar-refractivity contribution in [3.63, 3.8) is 0 Å². The molecule has 1 fully saturated rings. The molecule has 1 N–H and O–H groups in total. The van der Waals surface area contributed by atoms with Crippen molar-refractivity contribution >= 4 is 0 Å². The predicted molar refractivity (Wildman–Crippen MR) is 80.7 cm³/mol. The molecule has 0 amide bonds. The fraction of sp³-hybridized carbons (Fsp3) is 0.562. The standard InChI is InChI=1S/C16H22N4O/c1-4-11-10-17-9-6-12(11)14-19-15(21-20-14)13-16(2,3)7-5-8-18-13/h6,9-10,13,18H,4-5,7-8H2,1-3H3. The summed E-state index contributed by atoms with van der Waals surface area (Å²) >= 11 is 0. The Kier molecular flexibility index (Phi) is 3.76. The lowest BCUT2D eigenvalue weighted by atomic mass is 9.77. The predicted octanol–water partition coefficient (Wildman–Crippen LogP) is 3.14. The number of nitrogens with zero attached hydrogens (tertiary/aromatic N) is 3. The van der Waals surface area contributed by atoms with Crippen LogP contribution in [0.15, 0.2) is 23.0 Å². The molecule has 0 spiro atoms. The number of hydrogen-bond donors (Lipinski definition) is 1. The summed E-state index contributed by atoms with van der Waals surface area (Å²) in [7, 11) is 0. The second-order valence-corrected chi connectivity index (χ2v) is 6.32. The van der Waals surface area contributed by atoms with E-state index in [4.69, 9.17) is 4.52 Å². The molecular weight excluding hydrogens is 264 g/mol. The first-order valence-corrected chi connectivity index (χ1v) is 7.62. The molecule has 3 heterocycles. The number of nitrogens with one attached hydrogen (secondary N) is 1. The summed E-state index contributed by atoms with van der Waals surface area (Å²) in [5, 5.41) is 7.69. The zero-order chi connectivity index (χ0) is 14.9. The maximum Gasteiger partial charge on any atom is 0.244 e. The highest BCUT2D eigenvalue weighted by molar-refractivity contribution is 5.58. The molecule has 1 aliphatic heterocycles. The van der Waals surface area contributed by atoms with Crippen molar-refractivity contribution in [2.45, 2.75) is 46.1 Å². The van der Waals surface area contributed by atoms with Crippen molar-refractivity contribution in [3.8, 4) is 11.4 Å². The minimum Gasteiger partial charge on any atom is -0.337 e. The molecule has 0 saturated carbocycles. The van der Waals surface area contributed by atoms with E-state index in [9.17, 15) is 0 Å². The number of pyridine rings is 1. The van der Waals surface area contributed by atoms with Crippen LogP contribution in [-0.4, -0.2) is 21.7 Å². The molecule has 0 bridgehead atoms. The van der Waals surface area contributed by atoms with Crippen LogP contribution in [0.3, 0.4) is 0 Å². The van der Waals surface area contributed by atoms with E-state index in [1.54, 1.807) is 6.20 Å². The lowest BCUT2D eigenvalue weighted by molar-refractivity contribution is 0.146. The smallest absolute Gasteiger partial charge is 0.244 e. The highest BCUT2D eigenvalue weighted by atomic mass is 16.5. The number of piperidine rings is 1. The van der Waals surface area contributed by atoms with Gasteiger partial charge in [0.2, 0.25) is 11.7 Å². The van der Waals surface area contributed by atoms with Gasteiger partial charge in [-0.1, -0.05) is 25.9 Å². The van der Waals surface area contributed by atoms with Crippen LogP contribution in [0.2, 0.25) is 0 Å². The van der Waals surface area contributed by atoms with Gasteiger partial charge in [0.15, 0.2) is 0 Å². The number of hydrogen-bond acceptors (Lipinski definition) is 5. The molecule has 0 aliphatic carbocycles. The molecule has 3 rings (SSSR count). The topological polar surface area (TPSA) is 63.8 Å². The third kappa shape index (κ3) is 2.70. The van der Waals surface area contributed by atoms with Crippen LogP contribution in [0, 0.1) is 5.41 Å². The Balaban J connectivity index is 1.93. The molecule has 21 heavy (non-hydrogen) atoms.